The molecule has 11 nitrogen and oxygen atoms in total. The van der Waals surface area contributed by atoms with Gasteiger partial charge in [-0.25, -0.2) is 0 Å². The normalized spacial score (nSPS) is 16.7. The Morgan fingerprint density at radius 3 is 2.46 bits per heavy atom. The van der Waals surface area contributed by atoms with Crippen molar-refractivity contribution in [2.45, 2.75) is 83.9 Å². The average Bonchev–Trinajstić information content (AvgIpc) is 3.78. The maximum absolute atomic E-state index is 13.9. The molecule has 1 aliphatic carbocycles. The summed E-state index contributed by atoms with van der Waals surface area (Å²) in [7, 11) is 0. The number of ether oxygens (including phenoxy) is 1. The Morgan fingerprint density at radius 2 is 1.78 bits per heavy atom. The average molecular weight is 624 g/mol. The third-order valence-electron chi connectivity index (χ3n) is 8.37. The van der Waals surface area contributed by atoms with Crippen molar-refractivity contribution in [1.29, 1.82) is 0 Å². The monoisotopic (exact) mass is 623 g/mol. The van der Waals surface area contributed by atoms with E-state index in [9.17, 15) is 24.0 Å². The van der Waals surface area contributed by atoms with Crippen molar-refractivity contribution in [2.75, 3.05) is 10.2 Å². The number of aromatic nitrogens is 1. The quantitative estimate of drug-likeness (QED) is 0.254. The molecule has 11 heteroatoms. The number of nitrogens with two attached hydrogens (primary N) is 1. The fraction of sp³-hybridized carbons (Fsp3) is 0.371. The number of pyridine rings is 1. The number of hydrogen-bond acceptors (Lipinski definition) is 8. The van der Waals surface area contributed by atoms with E-state index < -0.39 is 35.3 Å². The lowest BCUT2D eigenvalue weighted by molar-refractivity contribution is -0.155. The minimum Gasteiger partial charge on any atom is -0.460 e. The highest BCUT2D eigenvalue weighted by Crippen LogP contribution is 2.44. The highest BCUT2D eigenvalue weighted by atomic mass is 16.6. The molecule has 6 rings (SSSR count). The van der Waals surface area contributed by atoms with Crippen LogP contribution in [0.1, 0.15) is 84.8 Å². The largest absolute Gasteiger partial charge is 0.460 e. The van der Waals surface area contributed by atoms with Gasteiger partial charge in [-0.2, -0.15) is 0 Å². The molecule has 2 aromatic carbocycles. The molecule has 1 saturated carbocycles. The molecule has 0 unspecified atom stereocenters. The van der Waals surface area contributed by atoms with Gasteiger partial charge in [0.1, 0.15) is 11.6 Å². The van der Waals surface area contributed by atoms with E-state index in [1.54, 1.807) is 39.1 Å². The van der Waals surface area contributed by atoms with Gasteiger partial charge in [-0.3, -0.25) is 33.9 Å². The van der Waals surface area contributed by atoms with Crippen LogP contribution in [-0.4, -0.2) is 57.2 Å². The van der Waals surface area contributed by atoms with Gasteiger partial charge in [0.05, 0.1) is 16.8 Å². The molecule has 3 aliphatic rings. The summed E-state index contributed by atoms with van der Waals surface area (Å²) in [5.74, 6) is -2.73. The zero-order chi connectivity index (χ0) is 32.9. The molecule has 1 atom stereocenters. The van der Waals surface area contributed by atoms with Crippen LogP contribution in [0.4, 0.5) is 17.1 Å². The first-order valence-corrected chi connectivity index (χ1v) is 15.5. The Labute approximate surface area is 267 Å². The standard InChI is InChI=1S/C35H37N5O6/c1-19-16-20(14-15-37-19)24-17-21-8-12-29(41)39(22-9-10-22)28(21)18-26(24)38-25-7-5-6-23-31(25)34(45)40(33(23)44)27(32(36)43)11-13-30(42)46-35(2,3)4/h5-7,14-18,22,27,38H,8-13H2,1-4H3,(H2,36,43)/t27-/m0/s1. The Hall–Kier alpha value is -5.06. The molecule has 3 heterocycles. The molecule has 0 radical (unpaired) electrons. The molecule has 0 bridgehead atoms. The smallest absolute Gasteiger partial charge is 0.306 e. The lowest BCUT2D eigenvalue weighted by Gasteiger charge is -2.31. The minimum absolute atomic E-state index is 0.0920. The third kappa shape index (κ3) is 5.96. The predicted octanol–water partition coefficient (Wildman–Crippen LogP) is 4.81. The SMILES string of the molecule is Cc1cc(-c2cc3c(cc2Nc2cccc4c2C(=O)N([C@@H](CCC(=O)OC(C)(C)C)C(N)=O)C4=O)N(C2CC2)C(=O)CC3)ccn1. The van der Waals surface area contributed by atoms with Gasteiger partial charge in [-0.15, -0.1) is 0 Å². The number of fused-ring (bicyclic) bond motifs is 2. The first-order chi connectivity index (χ1) is 21.8. The Bertz CT molecular complexity index is 1790. The summed E-state index contributed by atoms with van der Waals surface area (Å²) < 4.78 is 5.34. The number of benzene rings is 2. The van der Waals surface area contributed by atoms with Crippen molar-refractivity contribution in [3.63, 3.8) is 0 Å². The van der Waals surface area contributed by atoms with Crippen LogP contribution in [0.5, 0.6) is 0 Å². The highest BCUT2D eigenvalue weighted by Gasteiger charge is 2.44. The van der Waals surface area contributed by atoms with Crippen LogP contribution in [0.3, 0.4) is 0 Å². The molecule has 1 fully saturated rings. The molecule has 4 amide bonds. The summed E-state index contributed by atoms with van der Waals surface area (Å²) in [5, 5.41) is 3.40. The summed E-state index contributed by atoms with van der Waals surface area (Å²) in [6.45, 7) is 7.07. The second kappa shape index (κ2) is 11.7. The highest BCUT2D eigenvalue weighted by molar-refractivity contribution is 6.25. The number of rotatable bonds is 9. The van der Waals surface area contributed by atoms with Crippen LogP contribution in [-0.2, 0) is 25.5 Å². The number of anilines is 3. The molecular weight excluding hydrogens is 586 g/mol. The molecule has 0 saturated heterocycles. The Morgan fingerprint density at radius 1 is 1.02 bits per heavy atom. The third-order valence-corrected chi connectivity index (χ3v) is 8.37. The summed E-state index contributed by atoms with van der Waals surface area (Å²) in [4.78, 5) is 72.6. The van der Waals surface area contributed by atoms with E-state index in [2.05, 4.69) is 16.4 Å². The van der Waals surface area contributed by atoms with E-state index >= 15 is 0 Å². The molecule has 2 aliphatic heterocycles. The first-order valence-electron chi connectivity index (χ1n) is 15.5. The number of nitrogens with one attached hydrogen (secondary N) is 1. The minimum atomic E-state index is -1.34. The summed E-state index contributed by atoms with van der Waals surface area (Å²) in [5.41, 5.74) is 10.7. The Kier molecular flexibility index (Phi) is 7.87. The molecule has 1 aromatic heterocycles. The van der Waals surface area contributed by atoms with Crippen molar-refractivity contribution in [2.24, 2.45) is 5.73 Å². The van der Waals surface area contributed by atoms with Gasteiger partial charge in [0.15, 0.2) is 0 Å². The van der Waals surface area contributed by atoms with E-state index in [-0.39, 0.29) is 35.9 Å². The number of esters is 1. The van der Waals surface area contributed by atoms with Gasteiger partial charge in [0.25, 0.3) is 11.8 Å². The summed E-state index contributed by atoms with van der Waals surface area (Å²) >= 11 is 0. The van der Waals surface area contributed by atoms with Gasteiger partial charge < -0.3 is 20.7 Å². The van der Waals surface area contributed by atoms with Crippen LogP contribution in [0.15, 0.2) is 48.7 Å². The fourth-order valence-electron chi connectivity index (χ4n) is 6.22. The van der Waals surface area contributed by atoms with Gasteiger partial charge in [-0.1, -0.05) is 6.07 Å². The Balaban J connectivity index is 1.37. The number of hydrogen-bond donors (Lipinski definition) is 2. The second-order valence-electron chi connectivity index (χ2n) is 13.1. The second-order valence-corrected chi connectivity index (χ2v) is 13.1. The topological polar surface area (TPSA) is 152 Å². The van der Waals surface area contributed by atoms with Crippen LogP contribution < -0.4 is 16.0 Å². The number of imide groups is 1. The van der Waals surface area contributed by atoms with Gasteiger partial charge in [-0.05, 0) is 101 Å². The van der Waals surface area contributed by atoms with Crippen molar-refractivity contribution < 1.29 is 28.7 Å². The fourth-order valence-corrected chi connectivity index (χ4v) is 6.22. The van der Waals surface area contributed by atoms with Crippen molar-refractivity contribution >= 4 is 46.7 Å². The maximum atomic E-state index is 13.9. The molecule has 46 heavy (non-hydrogen) atoms. The van der Waals surface area contributed by atoms with Gasteiger partial charge in [0.2, 0.25) is 11.8 Å². The van der Waals surface area contributed by atoms with Gasteiger partial charge >= 0.3 is 5.97 Å². The summed E-state index contributed by atoms with van der Waals surface area (Å²) in [6.07, 6.45) is 4.33. The van der Waals surface area contributed by atoms with Crippen LogP contribution in [0.25, 0.3) is 11.1 Å². The molecular formula is C35H37N5O6. The number of carbonyl (C=O) groups excluding carboxylic acids is 5. The van der Waals surface area contributed by atoms with E-state index in [1.165, 1.54) is 6.07 Å². The van der Waals surface area contributed by atoms with Crippen molar-refractivity contribution in [3.05, 3.63) is 71.0 Å². The van der Waals surface area contributed by atoms with E-state index in [0.29, 0.717) is 24.2 Å². The van der Waals surface area contributed by atoms with Crippen LogP contribution in [0, 0.1) is 6.92 Å². The zero-order valence-electron chi connectivity index (χ0n) is 26.4. The zero-order valence-corrected chi connectivity index (χ0v) is 26.4. The lowest BCUT2D eigenvalue weighted by atomic mass is 9.93. The maximum Gasteiger partial charge on any atom is 0.306 e. The molecule has 0 spiro atoms. The molecule has 3 aromatic rings. The number of nitrogens with zero attached hydrogens (tertiary/aromatic N) is 3. The van der Waals surface area contributed by atoms with E-state index in [1.807, 2.05) is 30.0 Å². The number of carbonyl (C=O) groups is 5. The first kappa shape index (κ1) is 30.9. The van der Waals surface area contributed by atoms with Gasteiger partial charge in [0, 0.05) is 47.7 Å². The van der Waals surface area contributed by atoms with E-state index in [0.717, 1.165) is 45.8 Å². The van der Waals surface area contributed by atoms with E-state index in [4.69, 9.17) is 10.5 Å². The summed E-state index contributed by atoms with van der Waals surface area (Å²) in [6, 6.07) is 11.6. The number of primary amides is 1. The van der Waals surface area contributed by atoms with Crippen LogP contribution in [0.2, 0.25) is 0 Å². The lowest BCUT2D eigenvalue weighted by Crippen LogP contribution is -2.48. The van der Waals surface area contributed by atoms with Crippen molar-refractivity contribution in [1.82, 2.24) is 9.88 Å². The van der Waals surface area contributed by atoms with Crippen LogP contribution >= 0.6 is 0 Å². The molecule has 3 N–H and O–H groups in total. The number of amides is 4. The number of aryl methyl sites for hydroxylation is 2. The predicted molar refractivity (Wildman–Crippen MR) is 172 cm³/mol. The molecule has 238 valence electrons. The van der Waals surface area contributed by atoms with Crippen molar-refractivity contribution in [3.8, 4) is 11.1 Å².